The Morgan fingerprint density at radius 2 is 1.52 bits per heavy atom. The molecular formula is C17H15NO3. The summed E-state index contributed by atoms with van der Waals surface area (Å²) in [5, 5.41) is 9.44. The molecule has 0 fully saturated rings. The second-order valence-corrected chi connectivity index (χ2v) is 4.18. The summed E-state index contributed by atoms with van der Waals surface area (Å²) in [6.07, 6.45) is 0. The van der Waals surface area contributed by atoms with Crippen LogP contribution in [-0.2, 0) is 4.79 Å². The summed E-state index contributed by atoms with van der Waals surface area (Å²) in [6, 6.07) is 23.1. The molecule has 0 aliphatic heterocycles. The fourth-order valence-corrected chi connectivity index (χ4v) is 1.65. The Morgan fingerprint density at radius 3 is 2.14 bits per heavy atom. The van der Waals surface area contributed by atoms with Gasteiger partial charge in [-0.05, 0) is 12.1 Å². The number of nitrogens with zero attached hydrogens (tertiary/aromatic N) is 1. The standard InChI is InChI=1S/C11H9NO3.C6H6/c13-11(14)7-15-10-6-5-8-3-1-2-4-9(8)12-10;1-2-4-6-5-3-1/h1-6H,7H2,(H,13,14);1-6H. The van der Waals surface area contributed by atoms with Gasteiger partial charge < -0.3 is 9.84 Å². The van der Waals surface area contributed by atoms with Gasteiger partial charge >= 0.3 is 5.97 Å². The molecule has 0 amide bonds. The smallest absolute Gasteiger partial charge is 0.341 e. The van der Waals surface area contributed by atoms with Crippen molar-refractivity contribution in [3.05, 3.63) is 72.8 Å². The van der Waals surface area contributed by atoms with Gasteiger partial charge in [0.2, 0.25) is 5.88 Å². The van der Waals surface area contributed by atoms with Gasteiger partial charge in [0, 0.05) is 11.5 Å². The molecule has 0 spiro atoms. The zero-order chi connectivity index (χ0) is 14.9. The summed E-state index contributed by atoms with van der Waals surface area (Å²) in [5.41, 5.74) is 0.792. The molecule has 4 heteroatoms. The largest absolute Gasteiger partial charge is 0.479 e. The summed E-state index contributed by atoms with van der Waals surface area (Å²) in [7, 11) is 0. The average Bonchev–Trinajstić information content (AvgIpc) is 2.55. The van der Waals surface area contributed by atoms with Crippen molar-refractivity contribution >= 4 is 16.9 Å². The molecule has 21 heavy (non-hydrogen) atoms. The van der Waals surface area contributed by atoms with Crippen LogP contribution in [-0.4, -0.2) is 22.7 Å². The van der Waals surface area contributed by atoms with Gasteiger partial charge in [-0.15, -0.1) is 0 Å². The summed E-state index contributed by atoms with van der Waals surface area (Å²) in [6.45, 7) is -0.370. The minimum atomic E-state index is -1.01. The summed E-state index contributed by atoms with van der Waals surface area (Å²) in [5.74, 6) is -0.680. The number of benzene rings is 2. The van der Waals surface area contributed by atoms with E-state index in [9.17, 15) is 4.79 Å². The van der Waals surface area contributed by atoms with Gasteiger partial charge in [0.05, 0.1) is 5.52 Å². The number of aromatic nitrogens is 1. The molecule has 0 saturated carbocycles. The summed E-state index contributed by atoms with van der Waals surface area (Å²) >= 11 is 0. The van der Waals surface area contributed by atoms with E-state index in [0.717, 1.165) is 10.9 Å². The first-order valence-corrected chi connectivity index (χ1v) is 6.46. The number of hydrogen-bond donors (Lipinski definition) is 1. The summed E-state index contributed by atoms with van der Waals surface area (Å²) in [4.78, 5) is 14.4. The molecule has 0 saturated heterocycles. The van der Waals surface area contributed by atoms with Crippen molar-refractivity contribution in [3.8, 4) is 5.88 Å². The van der Waals surface area contributed by atoms with Crippen molar-refractivity contribution in [2.24, 2.45) is 0 Å². The molecule has 3 aromatic rings. The Labute approximate surface area is 122 Å². The third-order valence-corrected chi connectivity index (χ3v) is 2.58. The lowest BCUT2D eigenvalue weighted by Crippen LogP contribution is -2.10. The molecule has 0 radical (unpaired) electrons. The maximum atomic E-state index is 10.3. The zero-order valence-corrected chi connectivity index (χ0v) is 11.3. The Kier molecular flexibility index (Phi) is 5.29. The van der Waals surface area contributed by atoms with Gasteiger partial charge in [-0.1, -0.05) is 54.6 Å². The number of para-hydroxylation sites is 1. The molecule has 4 nitrogen and oxygen atoms in total. The predicted octanol–water partition coefficient (Wildman–Crippen LogP) is 3.38. The fourth-order valence-electron chi connectivity index (χ4n) is 1.65. The van der Waals surface area contributed by atoms with Crippen LogP contribution in [0.4, 0.5) is 0 Å². The molecule has 0 atom stereocenters. The van der Waals surface area contributed by atoms with Gasteiger partial charge in [0.15, 0.2) is 6.61 Å². The third kappa shape index (κ3) is 4.95. The maximum Gasteiger partial charge on any atom is 0.341 e. The number of fused-ring (bicyclic) bond motifs is 1. The van der Waals surface area contributed by atoms with Crippen molar-refractivity contribution in [1.29, 1.82) is 0 Å². The van der Waals surface area contributed by atoms with Crippen LogP contribution < -0.4 is 4.74 Å². The van der Waals surface area contributed by atoms with Crippen molar-refractivity contribution in [2.45, 2.75) is 0 Å². The molecule has 2 aromatic carbocycles. The fraction of sp³-hybridized carbons (Fsp3) is 0.0588. The van der Waals surface area contributed by atoms with Crippen molar-refractivity contribution < 1.29 is 14.6 Å². The minimum absolute atomic E-state index is 0.330. The molecule has 1 aromatic heterocycles. The van der Waals surface area contributed by atoms with Crippen LogP contribution in [0.1, 0.15) is 0 Å². The predicted molar refractivity (Wildman–Crippen MR) is 81.3 cm³/mol. The van der Waals surface area contributed by atoms with Crippen LogP contribution in [0.15, 0.2) is 72.8 Å². The Morgan fingerprint density at radius 1 is 0.905 bits per heavy atom. The topological polar surface area (TPSA) is 59.4 Å². The van der Waals surface area contributed by atoms with E-state index in [1.807, 2.05) is 66.7 Å². The monoisotopic (exact) mass is 281 g/mol. The second kappa shape index (κ2) is 7.65. The molecular weight excluding hydrogens is 266 g/mol. The van der Waals surface area contributed by atoms with Gasteiger partial charge in [-0.25, -0.2) is 9.78 Å². The van der Waals surface area contributed by atoms with Crippen LogP contribution in [0, 0.1) is 0 Å². The lowest BCUT2D eigenvalue weighted by Gasteiger charge is -2.02. The number of rotatable bonds is 3. The van der Waals surface area contributed by atoms with Crippen molar-refractivity contribution in [2.75, 3.05) is 6.61 Å². The molecule has 1 heterocycles. The molecule has 0 bridgehead atoms. The molecule has 0 aliphatic rings. The maximum absolute atomic E-state index is 10.3. The quantitative estimate of drug-likeness (QED) is 0.799. The van der Waals surface area contributed by atoms with Gasteiger partial charge in [0.1, 0.15) is 0 Å². The third-order valence-electron chi connectivity index (χ3n) is 2.58. The van der Waals surface area contributed by atoms with Gasteiger partial charge in [-0.2, -0.15) is 0 Å². The number of carbonyl (C=O) groups is 1. The second-order valence-electron chi connectivity index (χ2n) is 4.18. The highest BCUT2D eigenvalue weighted by atomic mass is 16.5. The van der Waals surface area contributed by atoms with Crippen LogP contribution >= 0.6 is 0 Å². The highest BCUT2D eigenvalue weighted by molar-refractivity contribution is 5.78. The van der Waals surface area contributed by atoms with Crippen LogP contribution in [0.2, 0.25) is 0 Å². The normalized spacial score (nSPS) is 9.52. The number of aliphatic carboxylic acids is 1. The van der Waals surface area contributed by atoms with Crippen LogP contribution in [0.25, 0.3) is 10.9 Å². The molecule has 0 aliphatic carbocycles. The van der Waals surface area contributed by atoms with Gasteiger partial charge in [-0.3, -0.25) is 0 Å². The highest BCUT2D eigenvalue weighted by Gasteiger charge is 2.01. The van der Waals surface area contributed by atoms with Gasteiger partial charge in [0.25, 0.3) is 0 Å². The first-order chi connectivity index (χ1) is 10.3. The number of ether oxygens (including phenoxy) is 1. The minimum Gasteiger partial charge on any atom is -0.479 e. The van der Waals surface area contributed by atoms with E-state index < -0.39 is 5.97 Å². The number of carboxylic acid groups (broad SMARTS) is 1. The summed E-state index contributed by atoms with van der Waals surface area (Å²) < 4.78 is 4.96. The molecule has 0 unspecified atom stereocenters. The van der Waals surface area contributed by atoms with E-state index in [0.29, 0.717) is 5.88 Å². The Hall–Kier alpha value is -2.88. The number of pyridine rings is 1. The first-order valence-electron chi connectivity index (χ1n) is 6.46. The van der Waals surface area contributed by atoms with Crippen molar-refractivity contribution in [3.63, 3.8) is 0 Å². The highest BCUT2D eigenvalue weighted by Crippen LogP contribution is 2.15. The molecule has 3 rings (SSSR count). The van der Waals surface area contributed by atoms with Crippen molar-refractivity contribution in [1.82, 2.24) is 4.98 Å². The molecule has 1 N–H and O–H groups in total. The average molecular weight is 281 g/mol. The van der Waals surface area contributed by atoms with E-state index >= 15 is 0 Å². The lowest BCUT2D eigenvalue weighted by atomic mass is 10.2. The molecule has 106 valence electrons. The van der Waals surface area contributed by atoms with E-state index in [2.05, 4.69) is 4.98 Å². The van der Waals surface area contributed by atoms with E-state index in [4.69, 9.17) is 9.84 Å². The van der Waals surface area contributed by atoms with E-state index in [-0.39, 0.29) is 6.61 Å². The number of hydrogen-bond acceptors (Lipinski definition) is 3. The SMILES string of the molecule is O=C(O)COc1ccc2ccccc2n1.c1ccccc1. The lowest BCUT2D eigenvalue weighted by molar-refractivity contribution is -0.139. The Bertz CT molecular complexity index is 672. The first kappa shape index (κ1) is 14.5. The zero-order valence-electron chi connectivity index (χ0n) is 11.3. The van der Waals surface area contributed by atoms with Crippen LogP contribution in [0.5, 0.6) is 5.88 Å². The Balaban J connectivity index is 0.000000225. The van der Waals surface area contributed by atoms with Crippen LogP contribution in [0.3, 0.4) is 0 Å². The van der Waals surface area contributed by atoms with E-state index in [1.165, 1.54) is 0 Å². The van der Waals surface area contributed by atoms with E-state index in [1.54, 1.807) is 6.07 Å². The number of carboxylic acids is 1.